The maximum absolute atomic E-state index is 13.9. The molecule has 0 aliphatic carbocycles. The summed E-state index contributed by atoms with van der Waals surface area (Å²) in [5.74, 6) is -4.56. The number of carbonyl (C=O) groups excluding carboxylic acids is 1. The number of carbonyl (C=O) groups is 1. The van der Waals surface area contributed by atoms with Crippen molar-refractivity contribution in [1.29, 1.82) is 0 Å². The first-order chi connectivity index (χ1) is 8.87. The predicted molar refractivity (Wildman–Crippen MR) is 70.8 cm³/mol. The van der Waals surface area contributed by atoms with Crippen LogP contribution in [-0.2, 0) is 10.7 Å². The van der Waals surface area contributed by atoms with Gasteiger partial charge in [-0.1, -0.05) is 44.2 Å². The van der Waals surface area contributed by atoms with E-state index in [0.717, 1.165) is 0 Å². The molecule has 0 aliphatic heterocycles. The summed E-state index contributed by atoms with van der Waals surface area (Å²) in [6, 6.07) is 6.62. The lowest BCUT2D eigenvalue weighted by molar-refractivity contribution is -0.147. The summed E-state index contributed by atoms with van der Waals surface area (Å²) in [6.07, 6.45) is 0.576. The Morgan fingerprint density at radius 1 is 1.32 bits per heavy atom. The van der Waals surface area contributed by atoms with E-state index in [1.165, 1.54) is 24.3 Å². The van der Waals surface area contributed by atoms with E-state index < -0.39 is 17.9 Å². The van der Waals surface area contributed by atoms with Gasteiger partial charge in [0.05, 0.1) is 0 Å². The van der Waals surface area contributed by atoms with Gasteiger partial charge < -0.3 is 11.1 Å². The highest BCUT2D eigenvalue weighted by atomic mass is 19.3. The van der Waals surface area contributed by atoms with Crippen LogP contribution >= 0.6 is 0 Å². The number of alkyl halides is 2. The molecule has 0 fully saturated rings. The van der Waals surface area contributed by atoms with Crippen molar-refractivity contribution in [3.63, 3.8) is 0 Å². The van der Waals surface area contributed by atoms with Crippen LogP contribution in [0.5, 0.6) is 0 Å². The smallest absolute Gasteiger partial charge is 0.347 e. The lowest BCUT2D eigenvalue weighted by Crippen LogP contribution is -2.47. The van der Waals surface area contributed by atoms with Gasteiger partial charge in [0.1, 0.15) is 0 Å². The predicted octanol–water partition coefficient (Wildman–Crippen LogP) is 2.27. The standard InChI is InChI=1S/C14H20F2N2O/c1-10(2)8-12(9-17)18-13(19)14(15,16)11-6-4-3-5-7-11/h3-7,10,12H,8-9,17H2,1-2H3,(H,18,19). The first-order valence-electron chi connectivity index (χ1n) is 6.32. The van der Waals surface area contributed by atoms with Crippen LogP contribution in [0.15, 0.2) is 30.3 Å². The minimum atomic E-state index is -3.54. The van der Waals surface area contributed by atoms with Crippen LogP contribution in [-0.4, -0.2) is 18.5 Å². The van der Waals surface area contributed by atoms with Crippen LogP contribution < -0.4 is 11.1 Å². The van der Waals surface area contributed by atoms with E-state index in [1.54, 1.807) is 6.07 Å². The molecule has 0 radical (unpaired) electrons. The summed E-state index contributed by atoms with van der Waals surface area (Å²) in [6.45, 7) is 4.04. The van der Waals surface area contributed by atoms with Gasteiger partial charge in [-0.05, 0) is 12.3 Å². The van der Waals surface area contributed by atoms with E-state index in [-0.39, 0.29) is 18.0 Å². The average molecular weight is 270 g/mol. The monoisotopic (exact) mass is 270 g/mol. The highest BCUT2D eigenvalue weighted by molar-refractivity contribution is 5.85. The summed E-state index contributed by atoms with van der Waals surface area (Å²) in [7, 11) is 0. The number of nitrogens with one attached hydrogen (secondary N) is 1. The van der Waals surface area contributed by atoms with Gasteiger partial charge in [0, 0.05) is 18.2 Å². The zero-order valence-electron chi connectivity index (χ0n) is 11.2. The SMILES string of the molecule is CC(C)CC(CN)NC(=O)C(F)(F)c1ccccc1. The van der Waals surface area contributed by atoms with Crippen molar-refractivity contribution < 1.29 is 13.6 Å². The lowest BCUT2D eigenvalue weighted by Gasteiger charge is -2.22. The fourth-order valence-electron chi connectivity index (χ4n) is 1.84. The number of halogens is 2. The summed E-state index contributed by atoms with van der Waals surface area (Å²) in [5.41, 5.74) is 5.18. The van der Waals surface area contributed by atoms with E-state index in [1.807, 2.05) is 13.8 Å². The van der Waals surface area contributed by atoms with Crippen molar-refractivity contribution in [2.75, 3.05) is 6.54 Å². The lowest BCUT2D eigenvalue weighted by atomic mass is 10.0. The van der Waals surface area contributed by atoms with Gasteiger partial charge in [-0.3, -0.25) is 4.79 Å². The van der Waals surface area contributed by atoms with Gasteiger partial charge in [0.2, 0.25) is 0 Å². The van der Waals surface area contributed by atoms with Gasteiger partial charge in [0.25, 0.3) is 5.91 Å². The minimum Gasteiger partial charge on any atom is -0.347 e. The molecule has 0 bridgehead atoms. The Kier molecular flexibility index (Phi) is 5.42. The number of benzene rings is 1. The normalized spacial score (nSPS) is 13.4. The Morgan fingerprint density at radius 2 is 1.89 bits per heavy atom. The van der Waals surface area contributed by atoms with Gasteiger partial charge in [0.15, 0.2) is 0 Å². The molecule has 0 spiro atoms. The molecule has 1 aromatic rings. The molecule has 5 heteroatoms. The molecule has 0 aliphatic rings. The van der Waals surface area contributed by atoms with E-state index >= 15 is 0 Å². The maximum Gasteiger partial charge on any atom is 0.349 e. The fraction of sp³-hybridized carbons (Fsp3) is 0.500. The number of amides is 1. The Hall–Kier alpha value is -1.49. The maximum atomic E-state index is 13.9. The minimum absolute atomic E-state index is 0.148. The third-order valence-electron chi connectivity index (χ3n) is 2.80. The van der Waals surface area contributed by atoms with E-state index in [2.05, 4.69) is 5.32 Å². The highest BCUT2D eigenvalue weighted by Crippen LogP contribution is 2.28. The van der Waals surface area contributed by atoms with Gasteiger partial charge in [-0.2, -0.15) is 8.78 Å². The Labute approximate surface area is 112 Å². The molecule has 0 heterocycles. The molecule has 0 aromatic heterocycles. The average Bonchev–Trinajstić information content (AvgIpc) is 2.38. The topological polar surface area (TPSA) is 55.1 Å². The largest absolute Gasteiger partial charge is 0.349 e. The van der Waals surface area contributed by atoms with Crippen LogP contribution in [0.25, 0.3) is 0 Å². The van der Waals surface area contributed by atoms with Crippen molar-refractivity contribution in [2.24, 2.45) is 11.7 Å². The number of rotatable bonds is 6. The summed E-state index contributed by atoms with van der Waals surface area (Å²) >= 11 is 0. The second kappa shape index (κ2) is 6.61. The molecule has 1 unspecified atom stereocenters. The van der Waals surface area contributed by atoms with Gasteiger partial charge in [-0.25, -0.2) is 0 Å². The molecule has 19 heavy (non-hydrogen) atoms. The third-order valence-corrected chi connectivity index (χ3v) is 2.80. The van der Waals surface area contributed by atoms with E-state index in [9.17, 15) is 13.6 Å². The van der Waals surface area contributed by atoms with Gasteiger partial charge >= 0.3 is 5.92 Å². The van der Waals surface area contributed by atoms with E-state index in [0.29, 0.717) is 6.42 Å². The first kappa shape index (κ1) is 15.6. The Bertz CT molecular complexity index is 407. The van der Waals surface area contributed by atoms with Crippen molar-refractivity contribution in [3.8, 4) is 0 Å². The number of hydrogen-bond donors (Lipinski definition) is 2. The molecule has 1 aromatic carbocycles. The Balaban J connectivity index is 2.76. The van der Waals surface area contributed by atoms with Crippen LogP contribution in [0.3, 0.4) is 0 Å². The molecule has 1 rings (SSSR count). The molecule has 3 nitrogen and oxygen atoms in total. The fourth-order valence-corrected chi connectivity index (χ4v) is 1.84. The van der Waals surface area contributed by atoms with E-state index in [4.69, 9.17) is 5.73 Å². The van der Waals surface area contributed by atoms with Crippen molar-refractivity contribution in [2.45, 2.75) is 32.2 Å². The van der Waals surface area contributed by atoms with Crippen LogP contribution in [0.2, 0.25) is 0 Å². The quantitative estimate of drug-likeness (QED) is 0.833. The number of nitrogens with two attached hydrogens (primary N) is 1. The van der Waals surface area contributed by atoms with Crippen molar-refractivity contribution >= 4 is 5.91 Å². The molecule has 1 amide bonds. The second-order valence-corrected chi connectivity index (χ2v) is 4.98. The third kappa shape index (κ3) is 4.28. The molecule has 106 valence electrons. The molecule has 1 atom stereocenters. The summed E-state index contributed by atoms with van der Waals surface area (Å²) in [5, 5.41) is 2.32. The summed E-state index contributed by atoms with van der Waals surface area (Å²) in [4.78, 5) is 11.7. The zero-order chi connectivity index (χ0) is 14.5. The first-order valence-corrected chi connectivity index (χ1v) is 6.32. The Morgan fingerprint density at radius 3 is 2.37 bits per heavy atom. The molecule has 0 saturated carbocycles. The second-order valence-electron chi connectivity index (χ2n) is 4.98. The van der Waals surface area contributed by atoms with Crippen molar-refractivity contribution in [1.82, 2.24) is 5.32 Å². The molecule has 3 N–H and O–H groups in total. The zero-order valence-corrected chi connectivity index (χ0v) is 11.2. The summed E-state index contributed by atoms with van der Waals surface area (Å²) < 4.78 is 27.9. The number of hydrogen-bond acceptors (Lipinski definition) is 2. The molecular weight excluding hydrogens is 250 g/mol. The molecule has 0 saturated heterocycles. The highest BCUT2D eigenvalue weighted by Gasteiger charge is 2.41. The van der Waals surface area contributed by atoms with Crippen LogP contribution in [0, 0.1) is 5.92 Å². The van der Waals surface area contributed by atoms with Crippen molar-refractivity contribution in [3.05, 3.63) is 35.9 Å². The van der Waals surface area contributed by atoms with Crippen LogP contribution in [0.4, 0.5) is 8.78 Å². The molecular formula is C14H20F2N2O. The van der Waals surface area contributed by atoms with Crippen LogP contribution in [0.1, 0.15) is 25.8 Å². The van der Waals surface area contributed by atoms with Gasteiger partial charge in [-0.15, -0.1) is 0 Å².